The van der Waals surface area contributed by atoms with E-state index in [1.807, 2.05) is 0 Å². The first kappa shape index (κ1) is 17.5. The highest BCUT2D eigenvalue weighted by molar-refractivity contribution is 9.11. The van der Waals surface area contributed by atoms with Gasteiger partial charge in [-0.25, -0.2) is 18.7 Å². The van der Waals surface area contributed by atoms with Crippen LogP contribution in [-0.4, -0.2) is 21.4 Å². The van der Waals surface area contributed by atoms with Crippen molar-refractivity contribution in [2.75, 3.05) is 11.9 Å². The van der Waals surface area contributed by atoms with Gasteiger partial charge >= 0.3 is 0 Å². The predicted octanol–water partition coefficient (Wildman–Crippen LogP) is 4.88. The average Bonchev–Trinajstić information content (AvgIpc) is 3.02. The quantitative estimate of drug-likeness (QED) is 0.632. The molecule has 26 heavy (non-hydrogen) atoms. The van der Waals surface area contributed by atoms with E-state index in [-0.39, 0.29) is 5.69 Å². The highest BCUT2D eigenvalue weighted by Gasteiger charge is 2.19. The highest BCUT2D eigenvalue weighted by Crippen LogP contribution is 2.26. The molecule has 0 radical (unpaired) electrons. The molecular formula is C18H15BrF2N4S. The minimum Gasteiger partial charge on any atom is -0.322 e. The molecule has 0 saturated heterocycles. The number of nitrogens with one attached hydrogen (secondary N) is 1. The average molecular weight is 437 g/mol. The molecule has 0 atom stereocenters. The van der Waals surface area contributed by atoms with Crippen LogP contribution in [0.2, 0.25) is 0 Å². The fourth-order valence-electron chi connectivity index (χ4n) is 2.94. The molecule has 1 aromatic carbocycles. The standard InChI is InChI=1S/C18H15BrF2N4S/c19-17-4-2-13(26-17)10-25-6-5-15-11(9-25)8-22-18(23-15)24-16-3-1-12(20)7-14(16)21/h1-4,7-8H,5-6,9-10H2,(H,22,23,24). The van der Waals surface area contributed by atoms with E-state index in [2.05, 4.69) is 48.2 Å². The van der Waals surface area contributed by atoms with Crippen molar-refractivity contribution >= 4 is 38.9 Å². The Bertz CT molecular complexity index is 947. The summed E-state index contributed by atoms with van der Waals surface area (Å²) in [6, 6.07) is 7.57. The second kappa shape index (κ2) is 7.38. The SMILES string of the molecule is Fc1ccc(Nc2ncc3c(n2)CCN(Cc2ccc(Br)s2)C3)c(F)c1. The number of rotatable bonds is 4. The van der Waals surface area contributed by atoms with Crippen molar-refractivity contribution < 1.29 is 8.78 Å². The van der Waals surface area contributed by atoms with Crippen LogP contribution in [0, 0.1) is 11.6 Å². The van der Waals surface area contributed by atoms with Gasteiger partial charge in [0.15, 0.2) is 0 Å². The van der Waals surface area contributed by atoms with Crippen LogP contribution >= 0.6 is 27.3 Å². The monoisotopic (exact) mass is 436 g/mol. The molecular weight excluding hydrogens is 422 g/mol. The number of nitrogens with zero attached hydrogens (tertiary/aromatic N) is 3. The minimum atomic E-state index is -0.667. The van der Waals surface area contributed by atoms with Crippen molar-refractivity contribution in [3.05, 3.63) is 68.1 Å². The zero-order valence-corrected chi connectivity index (χ0v) is 16.1. The largest absolute Gasteiger partial charge is 0.322 e. The van der Waals surface area contributed by atoms with Gasteiger partial charge in [0.2, 0.25) is 5.95 Å². The smallest absolute Gasteiger partial charge is 0.227 e. The lowest BCUT2D eigenvalue weighted by molar-refractivity contribution is 0.245. The number of benzene rings is 1. The van der Waals surface area contributed by atoms with Crippen molar-refractivity contribution in [3.8, 4) is 0 Å². The van der Waals surface area contributed by atoms with Gasteiger partial charge in [-0.05, 0) is 40.2 Å². The fraction of sp³-hybridized carbons (Fsp3) is 0.222. The van der Waals surface area contributed by atoms with E-state index in [9.17, 15) is 8.78 Å². The molecule has 0 amide bonds. The van der Waals surface area contributed by atoms with Gasteiger partial charge in [0.25, 0.3) is 0 Å². The van der Waals surface area contributed by atoms with Crippen molar-refractivity contribution in [1.29, 1.82) is 0 Å². The van der Waals surface area contributed by atoms with Gasteiger partial charge in [-0.1, -0.05) is 0 Å². The molecule has 1 aliphatic rings. The molecule has 0 aliphatic carbocycles. The number of aromatic nitrogens is 2. The molecule has 1 N–H and O–H groups in total. The van der Waals surface area contributed by atoms with Gasteiger partial charge in [-0.2, -0.15) is 0 Å². The Morgan fingerprint density at radius 2 is 2.12 bits per heavy atom. The first-order chi connectivity index (χ1) is 12.6. The summed E-state index contributed by atoms with van der Waals surface area (Å²) in [5.74, 6) is -0.957. The third-order valence-corrected chi connectivity index (χ3v) is 5.81. The van der Waals surface area contributed by atoms with Gasteiger partial charge in [0, 0.05) is 48.8 Å². The van der Waals surface area contributed by atoms with Gasteiger partial charge in [0.1, 0.15) is 11.6 Å². The maximum absolute atomic E-state index is 13.8. The molecule has 4 nitrogen and oxygen atoms in total. The lowest BCUT2D eigenvalue weighted by Crippen LogP contribution is -2.30. The summed E-state index contributed by atoms with van der Waals surface area (Å²) in [4.78, 5) is 12.5. The third kappa shape index (κ3) is 3.92. The number of anilines is 2. The van der Waals surface area contributed by atoms with Crippen LogP contribution in [0.5, 0.6) is 0 Å². The summed E-state index contributed by atoms with van der Waals surface area (Å²) in [6.07, 6.45) is 2.59. The van der Waals surface area contributed by atoms with Crippen LogP contribution in [0.3, 0.4) is 0 Å². The van der Waals surface area contributed by atoms with Crippen LogP contribution in [-0.2, 0) is 19.5 Å². The Balaban J connectivity index is 1.46. The van der Waals surface area contributed by atoms with Crippen LogP contribution in [0.1, 0.15) is 16.1 Å². The summed E-state index contributed by atoms with van der Waals surface area (Å²) in [5.41, 5.74) is 2.21. The summed E-state index contributed by atoms with van der Waals surface area (Å²) >= 11 is 5.23. The lowest BCUT2D eigenvalue weighted by Gasteiger charge is -2.27. The van der Waals surface area contributed by atoms with E-state index in [0.717, 1.165) is 47.2 Å². The van der Waals surface area contributed by atoms with Crippen molar-refractivity contribution in [2.45, 2.75) is 19.5 Å². The van der Waals surface area contributed by atoms with E-state index in [1.54, 1.807) is 17.5 Å². The van der Waals surface area contributed by atoms with E-state index in [0.29, 0.717) is 5.95 Å². The predicted molar refractivity (Wildman–Crippen MR) is 102 cm³/mol. The Labute approximate surface area is 162 Å². The number of hydrogen-bond donors (Lipinski definition) is 1. The molecule has 0 saturated carbocycles. The first-order valence-electron chi connectivity index (χ1n) is 8.10. The molecule has 3 heterocycles. The maximum Gasteiger partial charge on any atom is 0.227 e. The first-order valence-corrected chi connectivity index (χ1v) is 9.71. The number of halogens is 3. The van der Waals surface area contributed by atoms with Crippen molar-refractivity contribution in [2.24, 2.45) is 0 Å². The third-order valence-electron chi connectivity index (χ3n) is 4.20. The van der Waals surface area contributed by atoms with Crippen molar-refractivity contribution in [3.63, 3.8) is 0 Å². The topological polar surface area (TPSA) is 41.1 Å². The van der Waals surface area contributed by atoms with Crippen LogP contribution in [0.4, 0.5) is 20.4 Å². The maximum atomic E-state index is 13.8. The zero-order valence-electron chi connectivity index (χ0n) is 13.7. The highest BCUT2D eigenvalue weighted by atomic mass is 79.9. The summed E-state index contributed by atoms with van der Waals surface area (Å²) in [7, 11) is 0. The molecule has 134 valence electrons. The summed E-state index contributed by atoms with van der Waals surface area (Å²) in [5, 5.41) is 2.82. The van der Waals surface area contributed by atoms with Gasteiger partial charge in [0.05, 0.1) is 15.2 Å². The molecule has 0 bridgehead atoms. The Hall–Kier alpha value is -1.90. The molecule has 8 heteroatoms. The Morgan fingerprint density at radius 3 is 2.88 bits per heavy atom. The van der Waals surface area contributed by atoms with Gasteiger partial charge < -0.3 is 5.32 Å². The molecule has 2 aromatic heterocycles. The molecule has 1 aliphatic heterocycles. The van der Waals surface area contributed by atoms with Gasteiger partial charge in [-0.3, -0.25) is 4.90 Å². The second-order valence-electron chi connectivity index (χ2n) is 6.08. The number of fused-ring (bicyclic) bond motifs is 1. The lowest BCUT2D eigenvalue weighted by atomic mass is 10.1. The van der Waals surface area contributed by atoms with Crippen LogP contribution in [0.15, 0.2) is 40.3 Å². The molecule has 0 unspecified atom stereocenters. The zero-order chi connectivity index (χ0) is 18.1. The van der Waals surface area contributed by atoms with Crippen LogP contribution in [0.25, 0.3) is 0 Å². The van der Waals surface area contributed by atoms with Crippen LogP contribution < -0.4 is 5.32 Å². The summed E-state index contributed by atoms with van der Waals surface area (Å²) in [6.45, 7) is 2.59. The Kier molecular flexibility index (Phi) is 4.97. The minimum absolute atomic E-state index is 0.159. The van der Waals surface area contributed by atoms with E-state index in [1.165, 1.54) is 17.0 Å². The molecule has 0 fully saturated rings. The van der Waals surface area contributed by atoms with E-state index in [4.69, 9.17) is 0 Å². The Morgan fingerprint density at radius 1 is 1.23 bits per heavy atom. The number of thiophene rings is 1. The van der Waals surface area contributed by atoms with E-state index >= 15 is 0 Å². The normalized spacial score (nSPS) is 14.3. The molecule has 3 aromatic rings. The molecule has 0 spiro atoms. The number of hydrogen-bond acceptors (Lipinski definition) is 5. The van der Waals surface area contributed by atoms with Gasteiger partial charge in [-0.15, -0.1) is 11.3 Å². The van der Waals surface area contributed by atoms with E-state index < -0.39 is 11.6 Å². The molecule has 4 rings (SSSR count). The fourth-order valence-corrected chi connectivity index (χ4v) is 4.46. The van der Waals surface area contributed by atoms with Crippen molar-refractivity contribution in [1.82, 2.24) is 14.9 Å². The summed E-state index contributed by atoms with van der Waals surface area (Å²) < 4.78 is 27.9. The second-order valence-corrected chi connectivity index (χ2v) is 8.63.